The van der Waals surface area contributed by atoms with E-state index in [4.69, 9.17) is 0 Å². The molecule has 0 aliphatic carbocycles. The zero-order valence-electron chi connectivity index (χ0n) is 17.3. The number of carbonyl (C=O) groups excluding carboxylic acids is 1. The van der Waals surface area contributed by atoms with Crippen LogP contribution >= 0.6 is 0 Å². The van der Waals surface area contributed by atoms with Gasteiger partial charge in [0.25, 0.3) is 5.91 Å². The number of likely N-dealkylation sites (tertiary alicyclic amines) is 1. The molecule has 3 rings (SSSR count). The fourth-order valence-corrected chi connectivity index (χ4v) is 3.55. The van der Waals surface area contributed by atoms with Crippen LogP contribution in [0.15, 0.2) is 30.3 Å². The lowest BCUT2D eigenvalue weighted by Gasteiger charge is -2.32. The van der Waals surface area contributed by atoms with E-state index in [1.54, 1.807) is 16.8 Å². The molecule has 1 aromatic carbocycles. The summed E-state index contributed by atoms with van der Waals surface area (Å²) in [4.78, 5) is 15.3. The Balaban J connectivity index is 1.78. The second-order valence-corrected chi connectivity index (χ2v) is 8.79. The molecule has 0 saturated carbocycles. The summed E-state index contributed by atoms with van der Waals surface area (Å²) in [5.41, 5.74) is 2.17. The summed E-state index contributed by atoms with van der Waals surface area (Å²) in [5.74, 6) is -0.377. The van der Waals surface area contributed by atoms with Crippen LogP contribution in [0.4, 0.5) is 4.39 Å². The van der Waals surface area contributed by atoms with Crippen LogP contribution in [0.5, 0.6) is 0 Å². The lowest BCUT2D eigenvalue weighted by molar-refractivity contribution is 0.0918. The van der Waals surface area contributed by atoms with Crippen LogP contribution in [0, 0.1) is 5.82 Å². The Kier molecular flexibility index (Phi) is 6.18. The number of rotatable bonds is 5. The fourth-order valence-electron chi connectivity index (χ4n) is 3.55. The van der Waals surface area contributed by atoms with E-state index in [-0.39, 0.29) is 17.1 Å². The summed E-state index contributed by atoms with van der Waals surface area (Å²) in [6, 6.07) is 8.58. The van der Waals surface area contributed by atoms with Gasteiger partial charge in [-0.2, -0.15) is 5.10 Å². The van der Waals surface area contributed by atoms with Crippen molar-refractivity contribution in [3.8, 4) is 0 Å². The third-order valence-corrected chi connectivity index (χ3v) is 5.45. The Bertz CT molecular complexity index is 807. The Morgan fingerprint density at radius 1 is 1.25 bits per heavy atom. The standard InChI is InChI=1S/C22H31FN4O/c1-22(2,3)20-13-19(21(28)24-14-18-7-5-6-12-26(18)4)27(25-20)15-16-8-10-17(23)11-9-16/h8-11,13,18H,5-7,12,14-15H2,1-4H3,(H,24,28). The van der Waals surface area contributed by atoms with Gasteiger partial charge in [0.15, 0.2) is 0 Å². The quantitative estimate of drug-likeness (QED) is 0.854. The SMILES string of the molecule is CN1CCCCC1CNC(=O)c1cc(C(C)(C)C)nn1Cc1ccc(F)cc1. The first kappa shape index (κ1) is 20.5. The van der Waals surface area contributed by atoms with Gasteiger partial charge in [-0.15, -0.1) is 0 Å². The lowest BCUT2D eigenvalue weighted by atomic mass is 9.92. The van der Waals surface area contributed by atoms with Crippen LogP contribution in [0.25, 0.3) is 0 Å². The molecular weight excluding hydrogens is 355 g/mol. The Morgan fingerprint density at radius 2 is 1.96 bits per heavy atom. The van der Waals surface area contributed by atoms with Crippen molar-refractivity contribution in [3.05, 3.63) is 53.1 Å². The van der Waals surface area contributed by atoms with Gasteiger partial charge in [-0.05, 0) is 50.2 Å². The highest BCUT2D eigenvalue weighted by atomic mass is 19.1. The Labute approximate surface area is 166 Å². The minimum atomic E-state index is -0.269. The maximum absolute atomic E-state index is 13.2. The summed E-state index contributed by atoms with van der Waals surface area (Å²) in [7, 11) is 2.12. The molecule has 0 spiro atoms. The van der Waals surface area contributed by atoms with Gasteiger partial charge in [-0.3, -0.25) is 9.48 Å². The maximum atomic E-state index is 13.2. The highest BCUT2D eigenvalue weighted by Gasteiger charge is 2.24. The van der Waals surface area contributed by atoms with Gasteiger partial charge in [0.05, 0.1) is 12.2 Å². The van der Waals surface area contributed by atoms with Crippen LogP contribution in [-0.4, -0.2) is 46.8 Å². The molecule has 28 heavy (non-hydrogen) atoms. The van der Waals surface area contributed by atoms with Crippen LogP contribution in [0.3, 0.4) is 0 Å². The molecule has 2 aromatic rings. The number of halogens is 1. The van der Waals surface area contributed by atoms with Crippen molar-refractivity contribution >= 4 is 5.91 Å². The van der Waals surface area contributed by atoms with Gasteiger partial charge in [0.2, 0.25) is 0 Å². The summed E-state index contributed by atoms with van der Waals surface area (Å²) < 4.78 is 14.9. The number of benzene rings is 1. The first-order valence-corrected chi connectivity index (χ1v) is 10.1. The van der Waals surface area contributed by atoms with E-state index in [1.807, 2.05) is 6.07 Å². The number of hydrogen-bond acceptors (Lipinski definition) is 3. The van der Waals surface area contributed by atoms with E-state index in [2.05, 4.69) is 43.1 Å². The monoisotopic (exact) mass is 386 g/mol. The highest BCUT2D eigenvalue weighted by Crippen LogP contribution is 2.22. The average Bonchev–Trinajstić information content (AvgIpc) is 3.07. The number of aromatic nitrogens is 2. The van der Waals surface area contributed by atoms with Gasteiger partial charge in [0.1, 0.15) is 11.5 Å². The molecule has 6 heteroatoms. The van der Waals surface area contributed by atoms with E-state index in [1.165, 1.54) is 25.0 Å². The molecule has 1 fully saturated rings. The molecule has 1 N–H and O–H groups in total. The van der Waals surface area contributed by atoms with E-state index in [9.17, 15) is 9.18 Å². The van der Waals surface area contributed by atoms with Crippen LogP contribution in [-0.2, 0) is 12.0 Å². The molecular formula is C22H31FN4O. The number of likely N-dealkylation sites (N-methyl/N-ethyl adjacent to an activating group) is 1. The van der Waals surface area contributed by atoms with Crippen molar-refractivity contribution in [2.45, 2.75) is 58.0 Å². The molecule has 152 valence electrons. The Hall–Kier alpha value is -2.21. The molecule has 2 heterocycles. The fraction of sp³-hybridized carbons (Fsp3) is 0.545. The van der Waals surface area contributed by atoms with Crippen molar-refractivity contribution < 1.29 is 9.18 Å². The van der Waals surface area contributed by atoms with Crippen molar-refractivity contribution in [2.75, 3.05) is 20.1 Å². The summed E-state index contributed by atoms with van der Waals surface area (Å²) in [6.45, 7) is 8.39. The second kappa shape index (κ2) is 8.43. The molecule has 5 nitrogen and oxygen atoms in total. The first-order valence-electron chi connectivity index (χ1n) is 10.1. The molecule has 0 radical (unpaired) electrons. The van der Waals surface area contributed by atoms with Gasteiger partial charge in [0, 0.05) is 18.0 Å². The molecule has 1 unspecified atom stereocenters. The Morgan fingerprint density at radius 3 is 2.61 bits per heavy atom. The predicted molar refractivity (Wildman–Crippen MR) is 109 cm³/mol. The summed E-state index contributed by atoms with van der Waals surface area (Å²) in [6.07, 6.45) is 3.54. The average molecular weight is 387 g/mol. The topological polar surface area (TPSA) is 50.2 Å². The van der Waals surface area contributed by atoms with Gasteiger partial charge < -0.3 is 10.2 Å². The van der Waals surface area contributed by atoms with E-state index in [0.29, 0.717) is 24.8 Å². The zero-order chi connectivity index (χ0) is 20.3. The molecule has 1 aromatic heterocycles. The third kappa shape index (κ3) is 4.98. The first-order chi connectivity index (χ1) is 13.2. The lowest BCUT2D eigenvalue weighted by Crippen LogP contribution is -2.44. The second-order valence-electron chi connectivity index (χ2n) is 8.79. The van der Waals surface area contributed by atoms with Crippen molar-refractivity contribution in [2.24, 2.45) is 0 Å². The van der Waals surface area contributed by atoms with Crippen molar-refractivity contribution in [1.29, 1.82) is 0 Å². The molecule has 1 aliphatic heterocycles. The highest BCUT2D eigenvalue weighted by molar-refractivity contribution is 5.92. The van der Waals surface area contributed by atoms with E-state index in [0.717, 1.165) is 24.2 Å². The van der Waals surface area contributed by atoms with Gasteiger partial charge >= 0.3 is 0 Å². The molecule has 1 atom stereocenters. The predicted octanol–water partition coefficient (Wildman–Crippen LogP) is 3.58. The van der Waals surface area contributed by atoms with E-state index >= 15 is 0 Å². The number of amides is 1. The largest absolute Gasteiger partial charge is 0.349 e. The van der Waals surface area contributed by atoms with Crippen LogP contribution < -0.4 is 5.32 Å². The molecule has 1 saturated heterocycles. The van der Waals surface area contributed by atoms with Crippen molar-refractivity contribution in [1.82, 2.24) is 20.0 Å². The van der Waals surface area contributed by atoms with Gasteiger partial charge in [-0.1, -0.05) is 39.3 Å². The summed E-state index contributed by atoms with van der Waals surface area (Å²) in [5, 5.41) is 7.78. The molecule has 1 amide bonds. The van der Waals surface area contributed by atoms with Crippen LogP contribution in [0.1, 0.15) is 61.8 Å². The maximum Gasteiger partial charge on any atom is 0.269 e. The number of hydrogen-bond donors (Lipinski definition) is 1. The van der Waals surface area contributed by atoms with Gasteiger partial charge in [-0.25, -0.2) is 4.39 Å². The number of nitrogens with one attached hydrogen (secondary N) is 1. The smallest absolute Gasteiger partial charge is 0.269 e. The number of nitrogens with zero attached hydrogens (tertiary/aromatic N) is 3. The van der Waals surface area contributed by atoms with Crippen LogP contribution in [0.2, 0.25) is 0 Å². The number of piperidine rings is 1. The molecule has 1 aliphatic rings. The van der Waals surface area contributed by atoms with E-state index < -0.39 is 0 Å². The zero-order valence-corrected chi connectivity index (χ0v) is 17.3. The minimum absolute atomic E-state index is 0.107. The normalized spacial score (nSPS) is 18.2. The third-order valence-electron chi connectivity index (χ3n) is 5.45. The minimum Gasteiger partial charge on any atom is -0.349 e. The summed E-state index contributed by atoms with van der Waals surface area (Å²) >= 11 is 0. The molecule has 0 bridgehead atoms. The van der Waals surface area contributed by atoms with Crippen molar-refractivity contribution in [3.63, 3.8) is 0 Å². The number of carbonyl (C=O) groups is 1.